The molecule has 0 spiro atoms. The molecule has 0 aliphatic carbocycles. The fourth-order valence-electron chi connectivity index (χ4n) is 5.05. The summed E-state index contributed by atoms with van der Waals surface area (Å²) in [6, 6.07) is 16.2. The first-order valence-electron chi connectivity index (χ1n) is 11.7. The third-order valence-corrected chi connectivity index (χ3v) is 7.05. The van der Waals surface area contributed by atoms with Gasteiger partial charge in [-0.2, -0.15) is 0 Å². The molecular weight excluding hydrogens is 414 g/mol. The number of methoxy groups -OCH3 is 1. The van der Waals surface area contributed by atoms with Crippen LogP contribution in [0.5, 0.6) is 11.5 Å². The zero-order chi connectivity index (χ0) is 22.8. The lowest BCUT2D eigenvalue weighted by Crippen LogP contribution is -2.34. The number of likely N-dealkylation sites (tertiary alicyclic amines) is 1. The molecule has 172 valence electrons. The van der Waals surface area contributed by atoms with Gasteiger partial charge >= 0.3 is 0 Å². The molecule has 3 heterocycles. The molecular formula is C27H31N3O3. The van der Waals surface area contributed by atoms with Crippen molar-refractivity contribution in [1.82, 2.24) is 9.88 Å². The molecule has 6 nitrogen and oxygen atoms in total. The molecule has 2 aromatic carbocycles. The Labute approximate surface area is 194 Å². The number of ether oxygens (including phenoxy) is 1. The normalized spacial score (nSPS) is 18.7. The van der Waals surface area contributed by atoms with Gasteiger partial charge in [0.05, 0.1) is 7.11 Å². The van der Waals surface area contributed by atoms with Crippen molar-refractivity contribution in [1.29, 1.82) is 0 Å². The van der Waals surface area contributed by atoms with Crippen LogP contribution in [-0.4, -0.2) is 53.4 Å². The van der Waals surface area contributed by atoms with Gasteiger partial charge in [-0.1, -0.05) is 24.3 Å². The third-order valence-electron chi connectivity index (χ3n) is 7.05. The summed E-state index contributed by atoms with van der Waals surface area (Å²) >= 11 is 0. The molecule has 0 amide bonds. The van der Waals surface area contributed by atoms with Gasteiger partial charge < -0.3 is 20.3 Å². The van der Waals surface area contributed by atoms with E-state index in [9.17, 15) is 10.2 Å². The first-order chi connectivity index (χ1) is 16.2. The molecule has 3 aromatic rings. The Hall–Kier alpha value is -3.09. The molecule has 6 heteroatoms. The summed E-state index contributed by atoms with van der Waals surface area (Å²) in [6.45, 7) is 3.66. The first kappa shape index (κ1) is 21.7. The lowest BCUT2D eigenvalue weighted by atomic mass is 9.91. The Bertz CT molecular complexity index is 1130. The van der Waals surface area contributed by atoms with Crippen LogP contribution in [-0.2, 0) is 6.54 Å². The Kier molecular flexibility index (Phi) is 6.20. The predicted molar refractivity (Wildman–Crippen MR) is 130 cm³/mol. The van der Waals surface area contributed by atoms with Crippen molar-refractivity contribution in [3.63, 3.8) is 0 Å². The largest absolute Gasteiger partial charge is 0.508 e. The van der Waals surface area contributed by atoms with Crippen molar-refractivity contribution < 1.29 is 14.9 Å². The number of benzene rings is 2. The van der Waals surface area contributed by atoms with Crippen molar-refractivity contribution in [2.45, 2.75) is 25.3 Å². The summed E-state index contributed by atoms with van der Waals surface area (Å²) in [5, 5.41) is 23.3. The van der Waals surface area contributed by atoms with Crippen LogP contribution < -0.4 is 10.1 Å². The number of pyridine rings is 1. The number of phenolic OH excluding ortho intramolecular Hbond substituents is 1. The second-order valence-corrected chi connectivity index (χ2v) is 9.08. The molecule has 1 unspecified atom stereocenters. The van der Waals surface area contributed by atoms with Crippen LogP contribution in [0.15, 0.2) is 54.7 Å². The molecule has 1 fully saturated rings. The van der Waals surface area contributed by atoms with Crippen LogP contribution in [0.1, 0.15) is 35.4 Å². The number of nitrogens with zero attached hydrogens (tertiary/aromatic N) is 2. The molecule has 0 bridgehead atoms. The van der Waals surface area contributed by atoms with Crippen LogP contribution >= 0.6 is 0 Å². The molecule has 3 N–H and O–H groups in total. The van der Waals surface area contributed by atoms with Crippen LogP contribution in [0.25, 0.3) is 11.1 Å². The van der Waals surface area contributed by atoms with Gasteiger partial charge in [0.1, 0.15) is 17.3 Å². The highest BCUT2D eigenvalue weighted by atomic mass is 16.5. The van der Waals surface area contributed by atoms with E-state index in [4.69, 9.17) is 9.72 Å². The topological polar surface area (TPSA) is 77.8 Å². The Morgan fingerprint density at radius 1 is 1.06 bits per heavy atom. The fourth-order valence-corrected chi connectivity index (χ4v) is 5.05. The number of piperidine rings is 1. The predicted octanol–water partition coefficient (Wildman–Crippen LogP) is 4.22. The van der Waals surface area contributed by atoms with Crippen molar-refractivity contribution in [2.75, 3.05) is 38.7 Å². The average molecular weight is 446 g/mol. The van der Waals surface area contributed by atoms with E-state index < -0.39 is 0 Å². The lowest BCUT2D eigenvalue weighted by Gasteiger charge is -2.31. The monoisotopic (exact) mass is 445 g/mol. The molecule has 33 heavy (non-hydrogen) atoms. The van der Waals surface area contributed by atoms with Crippen molar-refractivity contribution >= 4 is 5.82 Å². The second-order valence-electron chi connectivity index (χ2n) is 9.08. The zero-order valence-corrected chi connectivity index (χ0v) is 19.0. The van der Waals surface area contributed by atoms with Gasteiger partial charge in [-0.15, -0.1) is 0 Å². The quantitative estimate of drug-likeness (QED) is 0.527. The van der Waals surface area contributed by atoms with Gasteiger partial charge in [-0.25, -0.2) is 4.98 Å². The number of aliphatic hydroxyl groups excluding tert-OH is 1. The highest BCUT2D eigenvalue weighted by Gasteiger charge is 2.28. The molecule has 1 saturated heterocycles. The number of fused-ring (bicyclic) bond motifs is 1. The minimum Gasteiger partial charge on any atom is -0.508 e. The number of hydrogen-bond donors (Lipinski definition) is 3. The minimum absolute atomic E-state index is 0.174. The van der Waals surface area contributed by atoms with Gasteiger partial charge in [0.25, 0.3) is 0 Å². The van der Waals surface area contributed by atoms with E-state index in [1.54, 1.807) is 13.2 Å². The summed E-state index contributed by atoms with van der Waals surface area (Å²) in [6.07, 6.45) is 3.91. The molecule has 2 aliphatic heterocycles. The Morgan fingerprint density at radius 2 is 1.88 bits per heavy atom. The van der Waals surface area contributed by atoms with Gasteiger partial charge in [0.15, 0.2) is 0 Å². The summed E-state index contributed by atoms with van der Waals surface area (Å²) in [5.74, 6) is 2.71. The van der Waals surface area contributed by atoms with Crippen molar-refractivity contribution in [2.24, 2.45) is 5.92 Å². The van der Waals surface area contributed by atoms with E-state index >= 15 is 0 Å². The standard InChI is InChI=1S/C27H31N3O3/c1-33-26-5-3-2-4-22(26)24-15-29-27-23(24)13-20(14-28-27)19-6-7-25(32)21(12-19)16-30-10-8-18(17-31)9-11-30/h2-7,12-14,18,24,31-32H,8-11,15-17H2,1H3,(H,28,29). The van der Waals surface area contributed by atoms with E-state index in [1.165, 1.54) is 0 Å². The Morgan fingerprint density at radius 3 is 2.67 bits per heavy atom. The van der Waals surface area contributed by atoms with E-state index in [2.05, 4.69) is 28.4 Å². The fraction of sp³-hybridized carbons (Fsp3) is 0.370. The number of nitrogens with one attached hydrogen (secondary N) is 1. The summed E-state index contributed by atoms with van der Waals surface area (Å²) in [7, 11) is 1.71. The minimum atomic E-state index is 0.174. The number of hydrogen-bond acceptors (Lipinski definition) is 6. The Balaban J connectivity index is 1.41. The summed E-state index contributed by atoms with van der Waals surface area (Å²) in [4.78, 5) is 7.06. The number of rotatable bonds is 6. The number of para-hydroxylation sites is 1. The molecule has 0 saturated carbocycles. The molecule has 1 atom stereocenters. The summed E-state index contributed by atoms with van der Waals surface area (Å²) in [5.41, 5.74) is 5.34. The van der Waals surface area contributed by atoms with Crippen LogP contribution in [0, 0.1) is 5.92 Å². The highest BCUT2D eigenvalue weighted by Crippen LogP contribution is 2.40. The van der Waals surface area contributed by atoms with Crippen LogP contribution in [0.3, 0.4) is 0 Å². The maximum atomic E-state index is 10.5. The second kappa shape index (κ2) is 9.41. The molecule has 1 aromatic heterocycles. The average Bonchev–Trinajstić information content (AvgIpc) is 3.29. The molecule has 0 radical (unpaired) electrons. The third kappa shape index (κ3) is 4.41. The number of aromatic nitrogens is 1. The van der Waals surface area contributed by atoms with E-state index in [0.29, 0.717) is 18.2 Å². The maximum absolute atomic E-state index is 10.5. The van der Waals surface area contributed by atoms with E-state index in [0.717, 1.165) is 71.9 Å². The van der Waals surface area contributed by atoms with Crippen LogP contribution in [0.4, 0.5) is 5.82 Å². The SMILES string of the molecule is COc1ccccc1C1CNc2ncc(-c3ccc(O)c(CN4CCC(CO)CC4)c3)cc21. The van der Waals surface area contributed by atoms with Crippen LogP contribution in [0.2, 0.25) is 0 Å². The smallest absolute Gasteiger partial charge is 0.129 e. The molecule has 5 rings (SSSR count). The number of aliphatic hydroxyl groups is 1. The van der Waals surface area contributed by atoms with Crippen molar-refractivity contribution in [3.8, 4) is 22.6 Å². The number of aromatic hydroxyl groups is 1. The first-order valence-corrected chi connectivity index (χ1v) is 11.7. The van der Waals surface area contributed by atoms with Crippen molar-refractivity contribution in [3.05, 3.63) is 71.4 Å². The van der Waals surface area contributed by atoms with Gasteiger partial charge in [0, 0.05) is 54.1 Å². The van der Waals surface area contributed by atoms with Gasteiger partial charge in [-0.3, -0.25) is 4.90 Å². The maximum Gasteiger partial charge on any atom is 0.129 e. The number of anilines is 1. The zero-order valence-electron chi connectivity index (χ0n) is 19.0. The molecule has 2 aliphatic rings. The van der Waals surface area contributed by atoms with Gasteiger partial charge in [0.2, 0.25) is 0 Å². The lowest BCUT2D eigenvalue weighted by molar-refractivity contribution is 0.127. The summed E-state index contributed by atoms with van der Waals surface area (Å²) < 4.78 is 5.61. The van der Waals surface area contributed by atoms with E-state index in [1.807, 2.05) is 30.5 Å². The highest BCUT2D eigenvalue weighted by molar-refractivity contribution is 5.70. The number of phenols is 1. The van der Waals surface area contributed by atoms with E-state index in [-0.39, 0.29) is 12.5 Å². The van der Waals surface area contributed by atoms with Gasteiger partial charge in [-0.05, 0) is 61.7 Å².